The van der Waals surface area contributed by atoms with Gasteiger partial charge in [0.1, 0.15) is 0 Å². The first-order valence-electron chi connectivity index (χ1n) is 8.83. The molecule has 0 saturated heterocycles. The Hall–Kier alpha value is -1.80. The molecule has 1 atom stereocenters. The van der Waals surface area contributed by atoms with Crippen LogP contribution in [0.4, 0.5) is 5.69 Å². The summed E-state index contributed by atoms with van der Waals surface area (Å²) >= 11 is 0. The van der Waals surface area contributed by atoms with E-state index in [2.05, 4.69) is 53.8 Å². The number of aliphatic hydroxyl groups is 1. The molecule has 5 rings (SSSR count). The molecule has 1 unspecified atom stereocenters. The van der Waals surface area contributed by atoms with Gasteiger partial charge in [0.25, 0.3) is 0 Å². The number of hydrogen-bond acceptors (Lipinski definition) is 2. The van der Waals surface area contributed by atoms with Gasteiger partial charge in [-0.15, -0.1) is 0 Å². The van der Waals surface area contributed by atoms with Crippen LogP contribution in [-0.4, -0.2) is 11.2 Å². The van der Waals surface area contributed by atoms with Gasteiger partial charge in [-0.25, -0.2) is 0 Å². The zero-order valence-corrected chi connectivity index (χ0v) is 13.5. The summed E-state index contributed by atoms with van der Waals surface area (Å²) in [6.07, 6.45) is 5.70. The van der Waals surface area contributed by atoms with Crippen LogP contribution in [0.3, 0.4) is 0 Å². The van der Waals surface area contributed by atoms with Crippen molar-refractivity contribution in [2.45, 2.75) is 50.2 Å². The van der Waals surface area contributed by atoms with Gasteiger partial charge in [0.2, 0.25) is 0 Å². The van der Waals surface area contributed by atoms with Crippen molar-refractivity contribution in [2.24, 2.45) is 5.92 Å². The predicted molar refractivity (Wildman–Crippen MR) is 94.5 cm³/mol. The van der Waals surface area contributed by atoms with Crippen molar-refractivity contribution >= 4 is 5.69 Å². The average molecular weight is 307 g/mol. The Morgan fingerprint density at radius 2 is 1.65 bits per heavy atom. The van der Waals surface area contributed by atoms with Crippen molar-refractivity contribution in [2.75, 3.05) is 5.32 Å². The lowest BCUT2D eigenvalue weighted by Gasteiger charge is -2.50. The summed E-state index contributed by atoms with van der Waals surface area (Å²) in [7, 11) is 0. The summed E-state index contributed by atoms with van der Waals surface area (Å²) in [6, 6.07) is 19.2. The topological polar surface area (TPSA) is 32.3 Å². The summed E-state index contributed by atoms with van der Waals surface area (Å²) in [5, 5.41) is 14.1. The van der Waals surface area contributed by atoms with Gasteiger partial charge in [-0.05, 0) is 61.3 Å². The quantitative estimate of drug-likeness (QED) is 0.872. The third-order valence-corrected chi connectivity index (χ3v) is 5.99. The van der Waals surface area contributed by atoms with E-state index < -0.39 is 0 Å². The van der Waals surface area contributed by atoms with Crippen molar-refractivity contribution in [3.63, 3.8) is 0 Å². The van der Waals surface area contributed by atoms with Crippen LogP contribution in [-0.2, 0) is 12.0 Å². The lowest BCUT2D eigenvalue weighted by Crippen LogP contribution is -2.49. The molecule has 2 aromatic rings. The maximum absolute atomic E-state index is 10.6. The molecule has 23 heavy (non-hydrogen) atoms. The molecule has 0 heterocycles. The molecule has 3 fully saturated rings. The summed E-state index contributed by atoms with van der Waals surface area (Å²) in [4.78, 5) is 0. The smallest absolute Gasteiger partial charge is 0.0639 e. The Morgan fingerprint density at radius 1 is 0.957 bits per heavy atom. The van der Waals surface area contributed by atoms with E-state index in [0.29, 0.717) is 0 Å². The molecule has 2 bridgehead atoms. The molecule has 0 aromatic heterocycles. The van der Waals surface area contributed by atoms with Gasteiger partial charge in [-0.2, -0.15) is 0 Å². The molecule has 0 amide bonds. The largest absolute Gasteiger partial charge is 0.392 e. The van der Waals surface area contributed by atoms with Gasteiger partial charge >= 0.3 is 0 Å². The summed E-state index contributed by atoms with van der Waals surface area (Å²) in [5.41, 5.74) is 3.78. The number of fused-ring (bicyclic) bond motifs is 3. The summed E-state index contributed by atoms with van der Waals surface area (Å²) in [5.74, 6) is 0.763. The highest BCUT2D eigenvalue weighted by atomic mass is 16.3. The third kappa shape index (κ3) is 2.76. The highest BCUT2D eigenvalue weighted by Crippen LogP contribution is 2.51. The normalized spacial score (nSPS) is 29.4. The second kappa shape index (κ2) is 6.01. The first-order chi connectivity index (χ1) is 11.3. The molecule has 3 saturated carbocycles. The predicted octanol–water partition coefficient (Wildman–Crippen LogP) is 4.49. The van der Waals surface area contributed by atoms with Crippen LogP contribution in [0.2, 0.25) is 0 Å². The minimum absolute atomic E-state index is 0.0205. The first-order valence-corrected chi connectivity index (χ1v) is 8.83. The van der Waals surface area contributed by atoms with Crippen LogP contribution in [0.15, 0.2) is 54.6 Å². The molecule has 2 aromatic carbocycles. The standard InChI is InChI=1S/C21H25NO/c23-20-14-16-10-12-21(20,13-11-16)18-6-8-19(9-7-18)22-15-17-4-2-1-3-5-17/h1-9,16,20,22-23H,10-15H2. The molecule has 0 aliphatic heterocycles. The number of anilines is 1. The second-order valence-electron chi connectivity index (χ2n) is 7.27. The fourth-order valence-electron chi connectivity index (χ4n) is 4.50. The Kier molecular flexibility index (Phi) is 3.86. The van der Waals surface area contributed by atoms with Crippen molar-refractivity contribution in [3.8, 4) is 0 Å². The number of benzene rings is 2. The van der Waals surface area contributed by atoms with Gasteiger partial charge in [0, 0.05) is 17.6 Å². The first kappa shape index (κ1) is 14.8. The van der Waals surface area contributed by atoms with Gasteiger partial charge in [0.05, 0.1) is 6.10 Å². The molecule has 2 heteroatoms. The lowest BCUT2D eigenvalue weighted by molar-refractivity contribution is -0.0247. The maximum Gasteiger partial charge on any atom is 0.0639 e. The number of hydrogen-bond donors (Lipinski definition) is 2. The zero-order chi connectivity index (χ0) is 15.7. The van der Waals surface area contributed by atoms with Gasteiger partial charge < -0.3 is 10.4 Å². The fourth-order valence-corrected chi connectivity index (χ4v) is 4.50. The number of rotatable bonds is 4. The van der Waals surface area contributed by atoms with Crippen LogP contribution < -0.4 is 5.32 Å². The molecule has 3 aliphatic rings. The van der Waals surface area contributed by atoms with E-state index in [1.807, 2.05) is 6.07 Å². The van der Waals surface area contributed by atoms with Crippen LogP contribution >= 0.6 is 0 Å². The second-order valence-corrected chi connectivity index (χ2v) is 7.27. The Balaban J connectivity index is 1.47. The number of nitrogens with one attached hydrogen (secondary N) is 1. The molecule has 0 spiro atoms. The summed E-state index contributed by atoms with van der Waals surface area (Å²) < 4.78 is 0. The van der Waals surface area contributed by atoms with Crippen LogP contribution in [0, 0.1) is 5.92 Å². The van der Waals surface area contributed by atoms with Crippen molar-refractivity contribution in [1.29, 1.82) is 0 Å². The van der Waals surface area contributed by atoms with Crippen molar-refractivity contribution < 1.29 is 5.11 Å². The Morgan fingerprint density at radius 3 is 2.30 bits per heavy atom. The molecule has 120 valence electrons. The van der Waals surface area contributed by atoms with E-state index in [9.17, 15) is 5.11 Å². The Bertz CT molecular complexity index is 641. The fraction of sp³-hybridized carbons (Fsp3) is 0.429. The molecule has 2 nitrogen and oxygen atoms in total. The van der Waals surface area contributed by atoms with Crippen LogP contribution in [0.1, 0.15) is 43.2 Å². The lowest BCUT2D eigenvalue weighted by atomic mass is 9.56. The highest BCUT2D eigenvalue weighted by Gasteiger charge is 2.47. The summed E-state index contributed by atoms with van der Waals surface area (Å²) in [6.45, 7) is 0.843. The third-order valence-electron chi connectivity index (χ3n) is 5.99. The van der Waals surface area contributed by atoms with E-state index in [0.717, 1.165) is 37.4 Å². The van der Waals surface area contributed by atoms with E-state index in [4.69, 9.17) is 0 Å². The molecular formula is C21H25NO. The monoisotopic (exact) mass is 307 g/mol. The minimum atomic E-state index is -0.155. The molecule has 2 N–H and O–H groups in total. The van der Waals surface area contributed by atoms with Crippen LogP contribution in [0.5, 0.6) is 0 Å². The number of aliphatic hydroxyl groups excluding tert-OH is 1. The zero-order valence-electron chi connectivity index (χ0n) is 13.5. The molecule has 0 radical (unpaired) electrons. The Labute approximate surface area is 138 Å². The molecule has 3 aliphatic carbocycles. The molecular weight excluding hydrogens is 282 g/mol. The van der Waals surface area contributed by atoms with Crippen molar-refractivity contribution in [3.05, 3.63) is 65.7 Å². The maximum atomic E-state index is 10.6. The van der Waals surface area contributed by atoms with E-state index in [-0.39, 0.29) is 11.5 Å². The average Bonchev–Trinajstić information content (AvgIpc) is 2.62. The van der Waals surface area contributed by atoms with E-state index in [1.165, 1.54) is 24.0 Å². The van der Waals surface area contributed by atoms with E-state index >= 15 is 0 Å². The van der Waals surface area contributed by atoms with Gasteiger partial charge in [-0.1, -0.05) is 42.5 Å². The van der Waals surface area contributed by atoms with E-state index in [1.54, 1.807) is 0 Å². The van der Waals surface area contributed by atoms with Gasteiger partial charge in [-0.3, -0.25) is 0 Å². The SMILES string of the molecule is OC1CC2CCC1(c1ccc(NCc3ccccc3)cc1)CC2. The van der Waals surface area contributed by atoms with Gasteiger partial charge in [0.15, 0.2) is 0 Å². The van der Waals surface area contributed by atoms with Crippen molar-refractivity contribution in [1.82, 2.24) is 0 Å². The van der Waals surface area contributed by atoms with Crippen LogP contribution in [0.25, 0.3) is 0 Å². The minimum Gasteiger partial charge on any atom is -0.392 e. The highest BCUT2D eigenvalue weighted by molar-refractivity contribution is 5.47.